The van der Waals surface area contributed by atoms with Crippen molar-refractivity contribution in [3.63, 3.8) is 0 Å². The topological polar surface area (TPSA) is 107 Å². The highest BCUT2D eigenvalue weighted by Crippen LogP contribution is 2.34. The molecule has 1 amide bonds. The lowest BCUT2D eigenvalue weighted by Gasteiger charge is -2.19. The zero-order valence-electron chi connectivity index (χ0n) is 17.6. The van der Waals surface area contributed by atoms with Gasteiger partial charge in [-0.3, -0.25) is 9.78 Å². The summed E-state index contributed by atoms with van der Waals surface area (Å²) >= 11 is 1.17. The predicted octanol–water partition coefficient (Wildman–Crippen LogP) is 4.20. The number of methoxy groups -OCH3 is 1. The molecule has 0 saturated heterocycles. The van der Waals surface area contributed by atoms with Crippen LogP contribution in [0.4, 0.5) is 0 Å². The molecule has 1 aliphatic rings. The molecule has 0 radical (unpaired) electrons. The Bertz CT molecular complexity index is 1260. The number of furan rings is 1. The van der Waals surface area contributed by atoms with E-state index in [1.54, 1.807) is 44.0 Å². The van der Waals surface area contributed by atoms with Crippen molar-refractivity contribution in [1.29, 1.82) is 0 Å². The van der Waals surface area contributed by atoms with Crippen LogP contribution >= 0.6 is 11.8 Å². The molecule has 1 aliphatic heterocycles. The van der Waals surface area contributed by atoms with Crippen molar-refractivity contribution < 1.29 is 18.4 Å². The van der Waals surface area contributed by atoms with Crippen molar-refractivity contribution in [2.45, 2.75) is 17.7 Å². The van der Waals surface area contributed by atoms with E-state index < -0.39 is 0 Å². The maximum absolute atomic E-state index is 13.1. The Morgan fingerprint density at radius 2 is 1.94 bits per heavy atom. The molecule has 9 nitrogen and oxygen atoms in total. The largest absolute Gasteiger partial charge is 0.497 e. The van der Waals surface area contributed by atoms with Gasteiger partial charge in [0, 0.05) is 24.4 Å². The zero-order chi connectivity index (χ0) is 22.6. The van der Waals surface area contributed by atoms with E-state index in [2.05, 4.69) is 20.3 Å². The quantitative estimate of drug-likeness (QED) is 0.377. The lowest BCUT2D eigenvalue weighted by atomic mass is 10.0. The number of rotatable bonds is 7. The van der Waals surface area contributed by atoms with Crippen molar-refractivity contribution in [3.8, 4) is 17.2 Å². The minimum atomic E-state index is -0.319. The van der Waals surface area contributed by atoms with Gasteiger partial charge in [-0.1, -0.05) is 11.8 Å². The number of amides is 1. The number of benzene rings is 1. The Kier molecular flexibility index (Phi) is 5.90. The predicted molar refractivity (Wildman–Crippen MR) is 121 cm³/mol. The number of hydrogen-bond acceptors (Lipinski definition) is 9. The van der Waals surface area contributed by atoms with Crippen LogP contribution in [0.2, 0.25) is 0 Å². The minimum absolute atomic E-state index is 0.0918. The van der Waals surface area contributed by atoms with Crippen molar-refractivity contribution in [1.82, 2.24) is 20.2 Å². The van der Waals surface area contributed by atoms with Crippen LogP contribution < -0.4 is 4.74 Å². The van der Waals surface area contributed by atoms with E-state index in [9.17, 15) is 4.79 Å². The van der Waals surface area contributed by atoms with Crippen LogP contribution in [0.3, 0.4) is 0 Å². The SMILES string of the molecule is COc1ccc(C2=NN(C(=O)CSc3nnc(-c4ccncc4)o3)[C@@H](c3ccco3)C2)cc1. The third-order valence-electron chi connectivity index (χ3n) is 5.11. The number of aromatic nitrogens is 3. The number of nitrogens with zero attached hydrogens (tertiary/aromatic N) is 5. The van der Waals surface area contributed by atoms with E-state index in [0.717, 1.165) is 22.6 Å². The number of carbonyl (C=O) groups excluding carboxylic acids is 1. The Morgan fingerprint density at radius 3 is 2.67 bits per heavy atom. The summed E-state index contributed by atoms with van der Waals surface area (Å²) in [4.78, 5) is 17.1. The van der Waals surface area contributed by atoms with Crippen LogP contribution in [0, 0.1) is 0 Å². The summed E-state index contributed by atoms with van der Waals surface area (Å²) < 4.78 is 16.5. The summed E-state index contributed by atoms with van der Waals surface area (Å²) in [6.45, 7) is 0. The molecule has 1 atom stereocenters. The highest BCUT2D eigenvalue weighted by molar-refractivity contribution is 7.99. The second kappa shape index (κ2) is 9.29. The first-order valence-electron chi connectivity index (χ1n) is 10.2. The molecule has 3 aromatic heterocycles. The highest BCUT2D eigenvalue weighted by Gasteiger charge is 2.35. The molecular weight excluding hydrogens is 442 g/mol. The molecule has 4 heterocycles. The number of thioether (sulfide) groups is 1. The molecule has 4 aromatic rings. The molecule has 166 valence electrons. The Balaban J connectivity index is 1.32. The average molecular weight is 462 g/mol. The molecule has 0 bridgehead atoms. The molecule has 0 spiro atoms. The number of ether oxygens (including phenoxy) is 1. The minimum Gasteiger partial charge on any atom is -0.497 e. The van der Waals surface area contributed by atoms with Crippen LogP contribution in [-0.4, -0.2) is 44.7 Å². The number of pyridine rings is 1. The smallest absolute Gasteiger partial charge is 0.277 e. The van der Waals surface area contributed by atoms with Gasteiger partial charge < -0.3 is 13.6 Å². The van der Waals surface area contributed by atoms with E-state index in [0.29, 0.717) is 23.3 Å². The molecule has 0 saturated carbocycles. The van der Waals surface area contributed by atoms with E-state index in [1.165, 1.54) is 16.8 Å². The van der Waals surface area contributed by atoms with Gasteiger partial charge >= 0.3 is 0 Å². The summed E-state index contributed by atoms with van der Waals surface area (Å²) in [5.74, 6) is 1.72. The summed E-state index contributed by atoms with van der Waals surface area (Å²) in [7, 11) is 1.62. The van der Waals surface area contributed by atoms with Gasteiger partial charge in [0.05, 0.1) is 24.8 Å². The van der Waals surface area contributed by atoms with Crippen LogP contribution in [-0.2, 0) is 4.79 Å². The molecule has 10 heteroatoms. The second-order valence-electron chi connectivity index (χ2n) is 7.15. The van der Waals surface area contributed by atoms with Gasteiger partial charge in [0.15, 0.2) is 0 Å². The molecule has 0 aliphatic carbocycles. The third kappa shape index (κ3) is 4.51. The van der Waals surface area contributed by atoms with Crippen LogP contribution in [0.25, 0.3) is 11.5 Å². The summed E-state index contributed by atoms with van der Waals surface area (Å²) in [5, 5.41) is 14.5. The first-order chi connectivity index (χ1) is 16.2. The fourth-order valence-electron chi connectivity index (χ4n) is 3.47. The summed E-state index contributed by atoms with van der Waals surface area (Å²) in [5.41, 5.74) is 2.49. The molecular formula is C23H19N5O4S. The molecule has 5 rings (SSSR count). The lowest BCUT2D eigenvalue weighted by molar-refractivity contribution is -0.130. The lowest BCUT2D eigenvalue weighted by Crippen LogP contribution is -2.28. The van der Waals surface area contributed by atoms with Gasteiger partial charge in [-0.2, -0.15) is 5.10 Å². The van der Waals surface area contributed by atoms with Gasteiger partial charge in [-0.25, -0.2) is 5.01 Å². The number of carbonyl (C=O) groups is 1. The molecule has 33 heavy (non-hydrogen) atoms. The normalized spacial score (nSPS) is 15.5. The van der Waals surface area contributed by atoms with Gasteiger partial charge in [0.1, 0.15) is 17.6 Å². The molecule has 0 fully saturated rings. The molecule has 0 unspecified atom stereocenters. The van der Waals surface area contributed by atoms with Gasteiger partial charge in [0.2, 0.25) is 5.89 Å². The molecule has 1 aromatic carbocycles. The Hall–Kier alpha value is -3.92. The van der Waals surface area contributed by atoms with Crippen molar-refractivity contribution in [3.05, 3.63) is 78.5 Å². The zero-order valence-corrected chi connectivity index (χ0v) is 18.4. The van der Waals surface area contributed by atoms with Crippen LogP contribution in [0.5, 0.6) is 5.75 Å². The number of hydrazone groups is 1. The highest BCUT2D eigenvalue weighted by atomic mass is 32.2. The first kappa shape index (κ1) is 21.0. The van der Waals surface area contributed by atoms with Crippen molar-refractivity contribution in [2.24, 2.45) is 5.10 Å². The fraction of sp³-hybridized carbons (Fsp3) is 0.174. The van der Waals surface area contributed by atoms with Gasteiger partial charge in [-0.05, 0) is 54.1 Å². The van der Waals surface area contributed by atoms with E-state index in [4.69, 9.17) is 13.6 Å². The molecule has 0 N–H and O–H groups in total. The maximum atomic E-state index is 13.1. The Morgan fingerprint density at radius 1 is 1.12 bits per heavy atom. The maximum Gasteiger partial charge on any atom is 0.277 e. The van der Waals surface area contributed by atoms with Crippen molar-refractivity contribution >= 4 is 23.4 Å². The van der Waals surface area contributed by atoms with Crippen LogP contribution in [0.15, 0.2) is 86.3 Å². The summed E-state index contributed by atoms with van der Waals surface area (Å²) in [6, 6.07) is 14.5. The monoisotopic (exact) mass is 461 g/mol. The number of hydrogen-bond donors (Lipinski definition) is 0. The average Bonchev–Trinajstić information content (AvgIpc) is 3.64. The fourth-order valence-corrected chi connectivity index (χ4v) is 4.09. The summed E-state index contributed by atoms with van der Waals surface area (Å²) in [6.07, 6.45) is 5.44. The van der Waals surface area contributed by atoms with Crippen LogP contribution in [0.1, 0.15) is 23.8 Å². The van der Waals surface area contributed by atoms with Crippen molar-refractivity contribution in [2.75, 3.05) is 12.9 Å². The van der Waals surface area contributed by atoms with Gasteiger partial charge in [0.25, 0.3) is 11.1 Å². The Labute approximate surface area is 193 Å². The van der Waals surface area contributed by atoms with E-state index in [-0.39, 0.29) is 17.7 Å². The van der Waals surface area contributed by atoms with E-state index >= 15 is 0 Å². The van der Waals surface area contributed by atoms with E-state index in [1.807, 2.05) is 30.3 Å². The first-order valence-corrected chi connectivity index (χ1v) is 11.1. The second-order valence-corrected chi connectivity index (χ2v) is 8.07. The standard InChI is InChI=1S/C23H19N5O4S/c1-30-17-6-4-15(5-7-17)18-13-19(20-3-2-12-31-20)28(27-18)21(29)14-33-23-26-25-22(32-23)16-8-10-24-11-9-16/h2-12,19H,13-14H2,1H3/t19-/m1/s1. The third-order valence-corrected chi connectivity index (χ3v) is 5.92. The van der Waals surface area contributed by atoms with Gasteiger partial charge in [-0.15, -0.1) is 10.2 Å².